The van der Waals surface area contributed by atoms with Gasteiger partial charge < -0.3 is 5.32 Å². The third-order valence-electron chi connectivity index (χ3n) is 3.84. The highest BCUT2D eigenvalue weighted by molar-refractivity contribution is 8.00. The van der Waals surface area contributed by atoms with Crippen LogP contribution in [0.2, 0.25) is 0 Å². The monoisotopic (exact) mass is 356 g/mol. The minimum Gasteiger partial charge on any atom is -0.350 e. The van der Waals surface area contributed by atoms with E-state index < -0.39 is 0 Å². The molecule has 1 atom stereocenters. The first-order chi connectivity index (χ1) is 11.7. The fraction of sp³-hybridized carbons (Fsp3) is 0.263. The van der Waals surface area contributed by atoms with Crippen LogP contribution in [-0.4, -0.2) is 16.9 Å². The van der Waals surface area contributed by atoms with Crippen molar-refractivity contribution in [2.24, 2.45) is 0 Å². The Hall–Kier alpha value is -1.85. The molecule has 1 heterocycles. The number of para-hydroxylation sites is 1. The first kappa shape index (κ1) is 17.0. The van der Waals surface area contributed by atoms with Crippen LogP contribution in [0.1, 0.15) is 36.2 Å². The molecule has 1 N–H and O–H groups in total. The zero-order valence-electron chi connectivity index (χ0n) is 13.8. The number of amides is 1. The van der Waals surface area contributed by atoms with E-state index in [1.807, 2.05) is 49.4 Å². The van der Waals surface area contributed by atoms with Crippen LogP contribution in [0.3, 0.4) is 0 Å². The predicted molar refractivity (Wildman–Crippen MR) is 103 cm³/mol. The summed E-state index contributed by atoms with van der Waals surface area (Å²) in [5, 5.41) is 2.99. The van der Waals surface area contributed by atoms with Gasteiger partial charge in [0, 0.05) is 17.4 Å². The highest BCUT2D eigenvalue weighted by Gasteiger charge is 2.09. The normalized spacial score (nSPS) is 12.2. The fourth-order valence-electron chi connectivity index (χ4n) is 2.22. The Labute approximate surface area is 150 Å². The van der Waals surface area contributed by atoms with Gasteiger partial charge in [-0.3, -0.25) is 4.79 Å². The highest BCUT2D eigenvalue weighted by atomic mass is 32.2. The molecule has 0 aliphatic carbocycles. The van der Waals surface area contributed by atoms with Gasteiger partial charge in [-0.15, -0.1) is 11.3 Å². The number of carbonyl (C=O) groups is 1. The summed E-state index contributed by atoms with van der Waals surface area (Å²) < 4.78 is 2.30. The van der Waals surface area contributed by atoms with E-state index in [9.17, 15) is 4.79 Å². The van der Waals surface area contributed by atoms with Crippen LogP contribution in [0.25, 0.3) is 10.2 Å². The lowest BCUT2D eigenvalue weighted by atomic mass is 10.1. The van der Waals surface area contributed by atoms with Crippen molar-refractivity contribution in [2.45, 2.75) is 36.4 Å². The van der Waals surface area contributed by atoms with E-state index in [0.29, 0.717) is 5.56 Å². The molecule has 1 amide bonds. The summed E-state index contributed by atoms with van der Waals surface area (Å²) in [5.74, 6) is 0.849. The van der Waals surface area contributed by atoms with Gasteiger partial charge in [0.15, 0.2) is 4.34 Å². The van der Waals surface area contributed by atoms with Crippen molar-refractivity contribution in [1.82, 2.24) is 10.3 Å². The number of nitrogens with one attached hydrogen (secondary N) is 1. The summed E-state index contributed by atoms with van der Waals surface area (Å²) in [6.07, 6.45) is 0.933. The van der Waals surface area contributed by atoms with E-state index in [1.165, 1.54) is 10.3 Å². The van der Waals surface area contributed by atoms with Gasteiger partial charge in [0.2, 0.25) is 0 Å². The number of aromatic nitrogens is 1. The molecule has 3 aromatic rings. The molecule has 3 nitrogen and oxygen atoms in total. The van der Waals surface area contributed by atoms with E-state index in [0.717, 1.165) is 22.0 Å². The average molecular weight is 357 g/mol. The number of carbonyl (C=O) groups excluding carboxylic acids is 1. The van der Waals surface area contributed by atoms with Gasteiger partial charge in [-0.25, -0.2) is 4.98 Å². The van der Waals surface area contributed by atoms with E-state index in [-0.39, 0.29) is 11.9 Å². The Morgan fingerprint density at radius 1 is 1.21 bits per heavy atom. The van der Waals surface area contributed by atoms with Gasteiger partial charge in [0.1, 0.15) is 0 Å². The van der Waals surface area contributed by atoms with Crippen LogP contribution in [-0.2, 0) is 5.75 Å². The van der Waals surface area contributed by atoms with Crippen molar-refractivity contribution < 1.29 is 4.79 Å². The second-order valence-corrected chi connectivity index (χ2v) is 7.97. The average Bonchev–Trinajstić information content (AvgIpc) is 3.03. The summed E-state index contributed by atoms with van der Waals surface area (Å²) in [6.45, 7) is 4.08. The number of hydrogen-bond acceptors (Lipinski definition) is 4. The molecular weight excluding hydrogens is 336 g/mol. The standard InChI is InChI=1S/C19H20N2OS2/c1-3-13(2)20-18(22)15-10-8-14(9-11-15)12-23-19-21-16-6-4-5-7-17(16)24-19/h4-11,13H,3,12H2,1-2H3,(H,20,22). The van der Waals surface area contributed by atoms with E-state index >= 15 is 0 Å². The van der Waals surface area contributed by atoms with Crippen molar-refractivity contribution in [2.75, 3.05) is 0 Å². The molecule has 0 saturated carbocycles. The van der Waals surface area contributed by atoms with Crippen molar-refractivity contribution >= 4 is 39.2 Å². The largest absolute Gasteiger partial charge is 0.350 e. The van der Waals surface area contributed by atoms with Crippen LogP contribution >= 0.6 is 23.1 Å². The molecule has 0 bridgehead atoms. The van der Waals surface area contributed by atoms with Crippen molar-refractivity contribution in [3.63, 3.8) is 0 Å². The Morgan fingerprint density at radius 2 is 1.96 bits per heavy atom. The third-order valence-corrected chi connectivity index (χ3v) is 6.09. The summed E-state index contributed by atoms with van der Waals surface area (Å²) in [5.41, 5.74) is 2.96. The maximum atomic E-state index is 12.1. The molecule has 5 heteroatoms. The molecule has 0 aliphatic heterocycles. The van der Waals surface area contributed by atoms with Gasteiger partial charge in [-0.1, -0.05) is 43.0 Å². The first-order valence-electron chi connectivity index (χ1n) is 8.04. The molecule has 1 unspecified atom stereocenters. The van der Waals surface area contributed by atoms with Crippen LogP contribution < -0.4 is 5.32 Å². The molecule has 0 radical (unpaired) electrons. The molecule has 3 rings (SSSR count). The Balaban J connectivity index is 1.60. The summed E-state index contributed by atoms with van der Waals surface area (Å²) in [4.78, 5) is 16.7. The van der Waals surface area contributed by atoms with Crippen molar-refractivity contribution in [3.8, 4) is 0 Å². The molecule has 24 heavy (non-hydrogen) atoms. The second-order valence-electron chi connectivity index (χ2n) is 5.72. The van der Waals surface area contributed by atoms with E-state index in [1.54, 1.807) is 23.1 Å². The molecule has 124 valence electrons. The first-order valence-corrected chi connectivity index (χ1v) is 9.84. The number of thiazole rings is 1. The number of fused-ring (bicyclic) bond motifs is 1. The molecule has 1 aromatic heterocycles. The number of thioether (sulfide) groups is 1. The van der Waals surface area contributed by atoms with Crippen LogP contribution in [0.4, 0.5) is 0 Å². The smallest absolute Gasteiger partial charge is 0.251 e. The summed E-state index contributed by atoms with van der Waals surface area (Å²) >= 11 is 3.46. The minimum absolute atomic E-state index is 0.00488. The van der Waals surface area contributed by atoms with Crippen molar-refractivity contribution in [1.29, 1.82) is 0 Å². The third kappa shape index (κ3) is 4.16. The lowest BCUT2D eigenvalue weighted by molar-refractivity contribution is 0.0939. The Kier molecular flexibility index (Phi) is 5.53. The lowest BCUT2D eigenvalue weighted by Crippen LogP contribution is -2.31. The fourth-order valence-corrected chi connectivity index (χ4v) is 4.24. The zero-order chi connectivity index (χ0) is 16.9. The number of benzene rings is 2. The van der Waals surface area contributed by atoms with Crippen LogP contribution in [0.15, 0.2) is 52.9 Å². The highest BCUT2D eigenvalue weighted by Crippen LogP contribution is 2.31. The minimum atomic E-state index is -0.00488. The van der Waals surface area contributed by atoms with Gasteiger partial charge in [-0.05, 0) is 43.2 Å². The SMILES string of the molecule is CCC(C)NC(=O)c1ccc(CSc2nc3ccccc3s2)cc1. The topological polar surface area (TPSA) is 42.0 Å². The predicted octanol–water partition coefficient (Wildman–Crippen LogP) is 5.12. The summed E-state index contributed by atoms with van der Waals surface area (Å²) in [6, 6.07) is 16.2. The van der Waals surface area contributed by atoms with Gasteiger partial charge >= 0.3 is 0 Å². The Bertz CT molecular complexity index is 794. The summed E-state index contributed by atoms with van der Waals surface area (Å²) in [7, 11) is 0. The maximum Gasteiger partial charge on any atom is 0.251 e. The quantitative estimate of drug-likeness (QED) is 0.624. The van der Waals surface area contributed by atoms with Gasteiger partial charge in [-0.2, -0.15) is 0 Å². The van der Waals surface area contributed by atoms with Gasteiger partial charge in [0.05, 0.1) is 10.2 Å². The van der Waals surface area contributed by atoms with E-state index in [2.05, 4.69) is 23.3 Å². The number of rotatable bonds is 6. The molecule has 0 fully saturated rings. The Morgan fingerprint density at radius 3 is 2.67 bits per heavy atom. The van der Waals surface area contributed by atoms with Gasteiger partial charge in [0.25, 0.3) is 5.91 Å². The molecule has 0 saturated heterocycles. The van der Waals surface area contributed by atoms with Crippen LogP contribution in [0.5, 0.6) is 0 Å². The number of nitrogens with zero attached hydrogens (tertiary/aromatic N) is 1. The molecular formula is C19H20N2OS2. The second kappa shape index (κ2) is 7.81. The number of hydrogen-bond donors (Lipinski definition) is 1. The lowest BCUT2D eigenvalue weighted by Gasteiger charge is -2.11. The molecule has 2 aromatic carbocycles. The van der Waals surface area contributed by atoms with Crippen LogP contribution in [0, 0.1) is 0 Å². The van der Waals surface area contributed by atoms with E-state index in [4.69, 9.17) is 0 Å². The molecule has 0 spiro atoms. The molecule has 0 aliphatic rings. The van der Waals surface area contributed by atoms with Crippen molar-refractivity contribution in [3.05, 3.63) is 59.7 Å². The zero-order valence-corrected chi connectivity index (χ0v) is 15.4. The maximum absolute atomic E-state index is 12.1.